The number of nitrogens with zero attached hydrogens (tertiary/aromatic N) is 4. The third-order valence-electron chi connectivity index (χ3n) is 2.75. The van der Waals surface area contributed by atoms with Gasteiger partial charge in [-0.2, -0.15) is 0 Å². The molecule has 8 nitrogen and oxygen atoms in total. The number of aromatic amines is 1. The highest BCUT2D eigenvalue weighted by Gasteiger charge is 2.12. The van der Waals surface area contributed by atoms with Gasteiger partial charge in [-0.15, -0.1) is 5.10 Å². The van der Waals surface area contributed by atoms with Crippen molar-refractivity contribution < 1.29 is 4.79 Å². The van der Waals surface area contributed by atoms with E-state index in [0.717, 1.165) is 11.0 Å². The highest BCUT2D eigenvalue weighted by molar-refractivity contribution is 6.02. The van der Waals surface area contributed by atoms with E-state index < -0.39 is 0 Å². The lowest BCUT2D eigenvalue weighted by Gasteiger charge is -1.96. The van der Waals surface area contributed by atoms with Gasteiger partial charge in [0.25, 0.3) is 5.91 Å². The van der Waals surface area contributed by atoms with Crippen LogP contribution in [0.5, 0.6) is 0 Å². The zero-order chi connectivity index (χ0) is 13.9. The number of nitrogens with one attached hydrogen (secondary N) is 2. The molecular weight excluding hydrogens is 258 g/mol. The first-order valence-electron chi connectivity index (χ1n) is 6.12. The van der Waals surface area contributed by atoms with Gasteiger partial charge in [-0.3, -0.25) is 14.8 Å². The van der Waals surface area contributed by atoms with Crippen molar-refractivity contribution in [3.8, 4) is 0 Å². The Bertz CT molecular complexity index is 712. The van der Waals surface area contributed by atoms with Crippen LogP contribution in [0.3, 0.4) is 0 Å². The van der Waals surface area contributed by atoms with E-state index >= 15 is 0 Å². The second-order valence-corrected chi connectivity index (χ2v) is 4.21. The van der Waals surface area contributed by atoms with E-state index in [2.05, 4.69) is 25.6 Å². The molecule has 0 unspecified atom stereocenters. The number of anilines is 1. The van der Waals surface area contributed by atoms with Crippen molar-refractivity contribution in [1.29, 1.82) is 0 Å². The number of carbonyl (C=O) groups excluding carboxylic acids is 1. The molecule has 3 rings (SSSR count). The summed E-state index contributed by atoms with van der Waals surface area (Å²) >= 11 is 0. The molecule has 4 N–H and O–H groups in total. The van der Waals surface area contributed by atoms with E-state index in [1.54, 1.807) is 6.20 Å². The van der Waals surface area contributed by atoms with Crippen LogP contribution < -0.4 is 11.1 Å². The van der Waals surface area contributed by atoms with Gasteiger partial charge in [-0.1, -0.05) is 17.3 Å². The zero-order valence-electron chi connectivity index (χ0n) is 10.6. The molecule has 1 amide bonds. The first kappa shape index (κ1) is 12.3. The van der Waals surface area contributed by atoms with Gasteiger partial charge in [0, 0.05) is 6.54 Å². The molecule has 0 aliphatic heterocycles. The molecule has 3 aromatic rings. The molecule has 2 heterocycles. The Hall–Kier alpha value is -2.74. The fourth-order valence-electron chi connectivity index (χ4n) is 1.83. The molecule has 0 fully saturated rings. The second kappa shape index (κ2) is 5.10. The quantitative estimate of drug-likeness (QED) is 0.634. The van der Waals surface area contributed by atoms with Gasteiger partial charge in [-0.25, -0.2) is 4.98 Å². The van der Waals surface area contributed by atoms with Gasteiger partial charge in [-0.05, 0) is 12.1 Å². The summed E-state index contributed by atoms with van der Waals surface area (Å²) in [6, 6.07) is 7.52. The van der Waals surface area contributed by atoms with Crippen LogP contribution >= 0.6 is 0 Å². The van der Waals surface area contributed by atoms with Gasteiger partial charge in [0.15, 0.2) is 5.69 Å². The molecule has 0 spiro atoms. The fourth-order valence-corrected chi connectivity index (χ4v) is 1.83. The molecule has 0 saturated heterocycles. The Kier molecular flexibility index (Phi) is 3.13. The van der Waals surface area contributed by atoms with E-state index in [9.17, 15) is 4.79 Å². The van der Waals surface area contributed by atoms with Crippen LogP contribution in [0, 0.1) is 0 Å². The molecule has 0 atom stereocenters. The summed E-state index contributed by atoms with van der Waals surface area (Å²) < 4.78 is 1.52. The summed E-state index contributed by atoms with van der Waals surface area (Å²) in [5.41, 5.74) is 7.27. The first-order valence-corrected chi connectivity index (χ1v) is 6.12. The molecule has 2 aromatic heterocycles. The predicted octanol–water partition coefficient (Wildman–Crippen LogP) is 0.365. The van der Waals surface area contributed by atoms with Crippen molar-refractivity contribution in [3.63, 3.8) is 0 Å². The topological polar surface area (TPSA) is 115 Å². The van der Waals surface area contributed by atoms with Crippen LogP contribution in [0.15, 0.2) is 30.5 Å². The summed E-state index contributed by atoms with van der Waals surface area (Å²) in [4.78, 5) is 19.3. The molecule has 102 valence electrons. The van der Waals surface area contributed by atoms with Gasteiger partial charge < -0.3 is 10.7 Å². The van der Waals surface area contributed by atoms with E-state index in [1.165, 1.54) is 4.68 Å². The molecule has 0 saturated carbocycles. The molecule has 20 heavy (non-hydrogen) atoms. The minimum absolute atomic E-state index is 0.221. The predicted molar refractivity (Wildman–Crippen MR) is 73.1 cm³/mol. The summed E-state index contributed by atoms with van der Waals surface area (Å²) in [5.74, 6) is 0.0110. The van der Waals surface area contributed by atoms with Gasteiger partial charge in [0.1, 0.15) is 0 Å². The minimum Gasteiger partial charge on any atom is -0.329 e. The standard InChI is InChI=1S/C12H13N7O/c13-5-6-19-7-10(17-18-19)11(20)16-12-14-8-3-1-2-4-9(8)15-12/h1-4,7H,5-6,13H2,(H2,14,15,16,20). The maximum absolute atomic E-state index is 12.0. The lowest BCUT2D eigenvalue weighted by atomic mass is 10.3. The first-order chi connectivity index (χ1) is 9.76. The SMILES string of the molecule is NCCn1cc(C(=O)Nc2nc3ccccc3[nH]2)nn1. The molecule has 0 radical (unpaired) electrons. The van der Waals surface area contributed by atoms with Crippen molar-refractivity contribution in [2.24, 2.45) is 5.73 Å². The largest absolute Gasteiger partial charge is 0.329 e. The molecule has 8 heteroatoms. The maximum Gasteiger partial charge on any atom is 0.280 e. The van der Waals surface area contributed by atoms with E-state index in [1.807, 2.05) is 24.3 Å². The fraction of sp³-hybridized carbons (Fsp3) is 0.167. The van der Waals surface area contributed by atoms with Gasteiger partial charge in [0.2, 0.25) is 5.95 Å². The zero-order valence-corrected chi connectivity index (χ0v) is 10.6. The van der Waals surface area contributed by atoms with Crippen molar-refractivity contribution >= 4 is 22.9 Å². The van der Waals surface area contributed by atoms with E-state index in [-0.39, 0.29) is 11.6 Å². The van der Waals surface area contributed by atoms with Crippen LogP contribution in [0.25, 0.3) is 11.0 Å². The minimum atomic E-state index is -0.368. The normalized spacial score (nSPS) is 10.8. The Morgan fingerprint density at radius 3 is 3.05 bits per heavy atom. The number of amides is 1. The van der Waals surface area contributed by atoms with Crippen molar-refractivity contribution in [2.45, 2.75) is 6.54 Å². The molecule has 0 aliphatic rings. The molecule has 0 aliphatic carbocycles. The third kappa shape index (κ3) is 2.36. The van der Waals surface area contributed by atoms with Crippen molar-refractivity contribution in [3.05, 3.63) is 36.2 Å². The van der Waals surface area contributed by atoms with Crippen LogP contribution in [0.4, 0.5) is 5.95 Å². The van der Waals surface area contributed by atoms with E-state index in [4.69, 9.17) is 5.73 Å². The summed E-state index contributed by atoms with van der Waals surface area (Å²) in [5, 5.41) is 10.2. The number of H-pyrrole nitrogens is 1. The number of aromatic nitrogens is 5. The third-order valence-corrected chi connectivity index (χ3v) is 2.75. The number of hydrogen-bond donors (Lipinski definition) is 3. The monoisotopic (exact) mass is 271 g/mol. The smallest absolute Gasteiger partial charge is 0.280 e. The average Bonchev–Trinajstić information content (AvgIpc) is 3.04. The van der Waals surface area contributed by atoms with Crippen LogP contribution in [0.1, 0.15) is 10.5 Å². The summed E-state index contributed by atoms with van der Waals surface area (Å²) in [7, 11) is 0. The highest BCUT2D eigenvalue weighted by atomic mass is 16.2. The van der Waals surface area contributed by atoms with Crippen molar-refractivity contribution in [2.75, 3.05) is 11.9 Å². The number of rotatable bonds is 4. The second-order valence-electron chi connectivity index (χ2n) is 4.21. The summed E-state index contributed by atoms with van der Waals surface area (Å²) in [6.45, 7) is 0.957. The summed E-state index contributed by atoms with van der Waals surface area (Å²) in [6.07, 6.45) is 1.55. The van der Waals surface area contributed by atoms with Gasteiger partial charge >= 0.3 is 0 Å². The van der Waals surface area contributed by atoms with Crippen LogP contribution in [-0.2, 0) is 6.54 Å². The lowest BCUT2D eigenvalue weighted by Crippen LogP contribution is -2.13. The number of carbonyl (C=O) groups is 1. The average molecular weight is 271 g/mol. The molecule has 0 bridgehead atoms. The Balaban J connectivity index is 1.77. The number of para-hydroxylation sites is 2. The van der Waals surface area contributed by atoms with E-state index in [0.29, 0.717) is 19.0 Å². The van der Waals surface area contributed by atoms with Gasteiger partial charge in [0.05, 0.1) is 23.8 Å². The lowest BCUT2D eigenvalue weighted by molar-refractivity contribution is 0.102. The number of benzene rings is 1. The number of imidazole rings is 1. The Labute approximate surface area is 114 Å². The maximum atomic E-state index is 12.0. The number of fused-ring (bicyclic) bond motifs is 1. The van der Waals surface area contributed by atoms with Crippen molar-refractivity contribution in [1.82, 2.24) is 25.0 Å². The highest BCUT2D eigenvalue weighted by Crippen LogP contribution is 2.13. The number of hydrogen-bond acceptors (Lipinski definition) is 5. The van der Waals surface area contributed by atoms with Crippen LogP contribution in [0.2, 0.25) is 0 Å². The number of nitrogens with two attached hydrogens (primary N) is 1. The molecule has 1 aromatic carbocycles. The van der Waals surface area contributed by atoms with Crippen LogP contribution in [-0.4, -0.2) is 37.4 Å². The molecular formula is C12H13N7O. The Morgan fingerprint density at radius 1 is 1.40 bits per heavy atom. The Morgan fingerprint density at radius 2 is 2.25 bits per heavy atom.